The first-order valence-corrected chi connectivity index (χ1v) is 17.2. The summed E-state index contributed by atoms with van der Waals surface area (Å²) in [6, 6.07) is 6.62. The summed E-state index contributed by atoms with van der Waals surface area (Å²) in [6.07, 6.45) is 12.0. The SMILES string of the molecule is CC1(C)CC[C@]2(C(=O)O)CC[C@]3(C)C(=CC[C@@H]4[C@@]5(C)C[C@@H](OC(=O)/C=C/c6ccc(O)cc6)[C@H](O)C(C)(C)[C@@H]5CC[C@]43C)[C@@H]2C1. The van der Waals surface area contributed by atoms with Gasteiger partial charge in [-0.15, -0.1) is 0 Å². The summed E-state index contributed by atoms with van der Waals surface area (Å²) in [4.78, 5) is 26.1. The fourth-order valence-electron chi connectivity index (χ4n) is 11.8. The van der Waals surface area contributed by atoms with E-state index in [0.29, 0.717) is 12.3 Å². The molecule has 0 aromatic heterocycles. The first-order valence-electron chi connectivity index (χ1n) is 17.2. The summed E-state index contributed by atoms with van der Waals surface area (Å²) in [5, 5.41) is 31.9. The first-order chi connectivity index (χ1) is 20.9. The lowest BCUT2D eigenvalue weighted by atomic mass is 9.33. The molecular weight excluding hydrogens is 564 g/mol. The lowest BCUT2D eigenvalue weighted by Gasteiger charge is -2.71. The zero-order chi connectivity index (χ0) is 32.8. The number of hydrogen-bond acceptors (Lipinski definition) is 5. The van der Waals surface area contributed by atoms with Crippen LogP contribution < -0.4 is 0 Å². The number of allylic oxidation sites excluding steroid dienone is 2. The van der Waals surface area contributed by atoms with Crippen molar-refractivity contribution in [3.05, 3.63) is 47.6 Å². The van der Waals surface area contributed by atoms with Crippen LogP contribution in [0.1, 0.15) is 112 Å². The Labute approximate surface area is 269 Å². The van der Waals surface area contributed by atoms with Gasteiger partial charge in [-0.25, -0.2) is 4.79 Å². The minimum Gasteiger partial charge on any atom is -0.508 e. The van der Waals surface area contributed by atoms with Crippen LogP contribution in [0.2, 0.25) is 0 Å². The highest BCUT2D eigenvalue weighted by Crippen LogP contribution is 2.75. The van der Waals surface area contributed by atoms with Crippen molar-refractivity contribution >= 4 is 18.0 Å². The molecular formula is C39H54O6. The van der Waals surface area contributed by atoms with Gasteiger partial charge in [0.05, 0.1) is 11.5 Å². The summed E-state index contributed by atoms with van der Waals surface area (Å²) in [7, 11) is 0. The molecule has 4 saturated carbocycles. The normalized spacial score (nSPS) is 43.2. The van der Waals surface area contributed by atoms with Crippen molar-refractivity contribution in [3.8, 4) is 5.75 Å². The van der Waals surface area contributed by atoms with Gasteiger partial charge in [-0.3, -0.25) is 4.79 Å². The lowest BCUT2D eigenvalue weighted by molar-refractivity contribution is -0.237. The van der Waals surface area contributed by atoms with Crippen molar-refractivity contribution < 1.29 is 29.6 Å². The van der Waals surface area contributed by atoms with E-state index < -0.39 is 35.0 Å². The van der Waals surface area contributed by atoms with Gasteiger partial charge in [-0.05, 0) is 126 Å². The van der Waals surface area contributed by atoms with Crippen LogP contribution >= 0.6 is 0 Å². The fourth-order valence-corrected chi connectivity index (χ4v) is 11.8. The number of aliphatic hydroxyl groups excluding tert-OH is 1. The van der Waals surface area contributed by atoms with E-state index in [1.54, 1.807) is 30.3 Å². The number of carboxylic acid groups (broad SMARTS) is 1. The number of fused-ring (bicyclic) bond motifs is 7. The maximum Gasteiger partial charge on any atom is 0.331 e. The summed E-state index contributed by atoms with van der Waals surface area (Å²) in [5.41, 5.74) is 0.921. The minimum atomic E-state index is -0.772. The molecule has 6 rings (SSSR count). The molecule has 3 N–H and O–H groups in total. The van der Waals surface area contributed by atoms with Crippen molar-refractivity contribution in [2.75, 3.05) is 0 Å². The summed E-state index contributed by atoms with van der Waals surface area (Å²) in [6.45, 7) is 16.2. The maximum absolute atomic E-state index is 13.1. The van der Waals surface area contributed by atoms with Gasteiger partial charge in [0.25, 0.3) is 0 Å². The largest absolute Gasteiger partial charge is 0.508 e. The number of carbonyl (C=O) groups excluding carboxylic acids is 1. The fraction of sp³-hybridized carbons (Fsp3) is 0.692. The van der Waals surface area contributed by atoms with Crippen LogP contribution in [0.3, 0.4) is 0 Å². The van der Waals surface area contributed by atoms with Crippen LogP contribution in [-0.2, 0) is 14.3 Å². The van der Waals surface area contributed by atoms with Crippen LogP contribution in [0, 0.1) is 50.2 Å². The first kappa shape index (κ1) is 32.3. The Morgan fingerprint density at radius 2 is 1.56 bits per heavy atom. The Bertz CT molecular complexity index is 1420. The molecule has 5 aliphatic carbocycles. The Kier molecular flexibility index (Phi) is 7.51. The average molecular weight is 619 g/mol. The molecule has 6 heteroatoms. The van der Waals surface area contributed by atoms with E-state index in [2.05, 4.69) is 54.5 Å². The molecule has 5 aliphatic rings. The van der Waals surface area contributed by atoms with E-state index in [9.17, 15) is 24.9 Å². The molecule has 4 fully saturated rings. The van der Waals surface area contributed by atoms with E-state index in [0.717, 1.165) is 56.9 Å². The molecule has 6 nitrogen and oxygen atoms in total. The molecule has 246 valence electrons. The smallest absolute Gasteiger partial charge is 0.331 e. The number of hydrogen-bond donors (Lipinski definition) is 3. The van der Waals surface area contributed by atoms with Gasteiger partial charge >= 0.3 is 11.9 Å². The highest BCUT2D eigenvalue weighted by molar-refractivity contribution is 5.87. The summed E-state index contributed by atoms with van der Waals surface area (Å²) < 4.78 is 6.07. The van der Waals surface area contributed by atoms with Crippen molar-refractivity contribution in [1.82, 2.24) is 0 Å². The molecule has 1 aromatic rings. The number of benzene rings is 1. The van der Waals surface area contributed by atoms with Gasteiger partial charge in [0.2, 0.25) is 0 Å². The number of phenolic OH excluding ortho intramolecular Hbond substituents is 1. The number of aromatic hydroxyl groups is 1. The molecule has 0 radical (unpaired) electrons. The highest BCUT2D eigenvalue weighted by atomic mass is 16.6. The van der Waals surface area contributed by atoms with E-state index in [1.165, 1.54) is 11.6 Å². The van der Waals surface area contributed by atoms with Crippen LogP contribution in [0.25, 0.3) is 6.08 Å². The van der Waals surface area contributed by atoms with Gasteiger partial charge in [0, 0.05) is 6.08 Å². The predicted octanol–water partition coefficient (Wildman–Crippen LogP) is 8.17. The molecule has 0 unspecified atom stereocenters. The quantitative estimate of drug-likeness (QED) is 0.179. The summed E-state index contributed by atoms with van der Waals surface area (Å²) >= 11 is 0. The maximum atomic E-state index is 13.1. The van der Waals surface area contributed by atoms with Crippen LogP contribution in [0.5, 0.6) is 5.75 Å². The third-order valence-electron chi connectivity index (χ3n) is 14.6. The van der Waals surface area contributed by atoms with E-state index in [-0.39, 0.29) is 39.2 Å². The monoisotopic (exact) mass is 618 g/mol. The topological polar surface area (TPSA) is 104 Å². The van der Waals surface area contributed by atoms with Gasteiger partial charge in [0.1, 0.15) is 11.9 Å². The van der Waals surface area contributed by atoms with Crippen molar-refractivity contribution in [2.45, 2.75) is 118 Å². The number of esters is 1. The van der Waals surface area contributed by atoms with Crippen molar-refractivity contribution in [1.29, 1.82) is 0 Å². The van der Waals surface area contributed by atoms with Gasteiger partial charge in [-0.2, -0.15) is 0 Å². The molecule has 0 saturated heterocycles. The average Bonchev–Trinajstić information content (AvgIpc) is 2.95. The molecule has 0 bridgehead atoms. The Balaban J connectivity index is 1.32. The highest BCUT2D eigenvalue weighted by Gasteiger charge is 2.70. The standard InChI is InChI=1S/C39H54O6/c1-34(2)18-20-39(33(43)44)21-19-37(6)26(27(39)22-34)13-14-30-36(5)23-28(32(42)35(3,4)29(36)16-17-38(30,37)7)45-31(41)15-10-24-8-11-25(40)12-9-24/h8-13,15,27-30,32,40,42H,14,16-23H2,1-7H3,(H,43,44)/b15-10+/t27-,28+,29-,30+,32-,36-,37+,38+,39-/m0/s1. The van der Waals surface area contributed by atoms with Gasteiger partial charge in [-0.1, -0.05) is 72.2 Å². The number of phenols is 1. The number of ether oxygens (including phenoxy) is 1. The number of carbonyl (C=O) groups is 2. The van der Waals surface area contributed by atoms with Gasteiger partial charge < -0.3 is 20.1 Å². The molecule has 0 aliphatic heterocycles. The molecule has 0 spiro atoms. The van der Waals surface area contributed by atoms with Crippen LogP contribution in [0.15, 0.2) is 42.0 Å². The van der Waals surface area contributed by atoms with E-state index in [1.807, 2.05) is 0 Å². The van der Waals surface area contributed by atoms with Crippen LogP contribution in [-0.4, -0.2) is 39.5 Å². The molecule has 45 heavy (non-hydrogen) atoms. The number of aliphatic hydroxyl groups is 1. The predicted molar refractivity (Wildman–Crippen MR) is 175 cm³/mol. The van der Waals surface area contributed by atoms with E-state index >= 15 is 0 Å². The Hall–Kier alpha value is -2.60. The lowest BCUT2D eigenvalue weighted by Crippen LogP contribution is -2.67. The minimum absolute atomic E-state index is 0.0275. The number of aliphatic carboxylic acids is 1. The second-order valence-corrected chi connectivity index (χ2v) is 17.5. The molecule has 1 aromatic carbocycles. The zero-order valence-corrected chi connectivity index (χ0v) is 28.4. The van der Waals surface area contributed by atoms with Crippen molar-refractivity contribution in [3.63, 3.8) is 0 Å². The second kappa shape index (κ2) is 10.5. The molecule has 9 atom stereocenters. The number of carboxylic acids is 1. The van der Waals surface area contributed by atoms with Gasteiger partial charge in [0.15, 0.2) is 0 Å². The zero-order valence-electron chi connectivity index (χ0n) is 28.4. The van der Waals surface area contributed by atoms with Crippen molar-refractivity contribution in [2.24, 2.45) is 50.2 Å². The number of rotatable bonds is 4. The molecule has 0 heterocycles. The van der Waals surface area contributed by atoms with Crippen LogP contribution in [0.4, 0.5) is 0 Å². The molecule has 0 amide bonds. The second-order valence-electron chi connectivity index (χ2n) is 17.5. The third kappa shape index (κ3) is 4.74. The summed E-state index contributed by atoms with van der Waals surface area (Å²) in [5.74, 6) is -0.249. The Morgan fingerprint density at radius 3 is 2.22 bits per heavy atom. The van der Waals surface area contributed by atoms with E-state index in [4.69, 9.17) is 4.74 Å². The Morgan fingerprint density at radius 1 is 0.889 bits per heavy atom. The third-order valence-corrected chi connectivity index (χ3v) is 14.6.